The van der Waals surface area contributed by atoms with Crippen molar-refractivity contribution in [3.05, 3.63) is 53.7 Å². The quantitative estimate of drug-likeness (QED) is 0.512. The van der Waals surface area contributed by atoms with E-state index in [1.165, 1.54) is 16.9 Å². The molecule has 2 atom stereocenters. The molecule has 0 aliphatic carbocycles. The standard InChI is InChI=1S/C20H18F2N6O2/c1-11-6-7-27(19(29)17-12-4-2-3-5-16(12)30-26-17)9-13(11)15-8-14(18(21)22)25-20-23-10-24-28(15)20/h2-5,8,10-11,13,18H,6-7,9H2,1H3/t11?,13-/m1/s1. The smallest absolute Gasteiger partial charge is 0.280 e. The highest BCUT2D eigenvalue weighted by Crippen LogP contribution is 2.34. The second kappa shape index (κ2) is 7.12. The van der Waals surface area contributed by atoms with Gasteiger partial charge in [-0.25, -0.2) is 18.3 Å². The fourth-order valence-electron chi connectivity index (χ4n) is 4.06. The zero-order chi connectivity index (χ0) is 20.8. The van der Waals surface area contributed by atoms with Crippen LogP contribution >= 0.6 is 0 Å². The average molecular weight is 412 g/mol. The Morgan fingerprint density at radius 2 is 2.13 bits per heavy atom. The second-order valence-corrected chi connectivity index (χ2v) is 7.53. The van der Waals surface area contributed by atoms with Gasteiger partial charge in [-0.15, -0.1) is 0 Å². The number of nitrogens with zero attached hydrogens (tertiary/aromatic N) is 6. The van der Waals surface area contributed by atoms with E-state index in [0.29, 0.717) is 36.2 Å². The van der Waals surface area contributed by atoms with Crippen LogP contribution in [0.15, 0.2) is 41.2 Å². The Balaban J connectivity index is 1.51. The third-order valence-electron chi connectivity index (χ3n) is 5.73. The van der Waals surface area contributed by atoms with Gasteiger partial charge in [0.15, 0.2) is 11.3 Å². The van der Waals surface area contributed by atoms with Crippen LogP contribution in [0.4, 0.5) is 8.78 Å². The number of likely N-dealkylation sites (tertiary alicyclic amines) is 1. The average Bonchev–Trinajstić information content (AvgIpc) is 3.40. The van der Waals surface area contributed by atoms with Gasteiger partial charge in [-0.2, -0.15) is 10.1 Å². The van der Waals surface area contributed by atoms with E-state index >= 15 is 0 Å². The van der Waals surface area contributed by atoms with Crippen LogP contribution in [0, 0.1) is 5.92 Å². The fourth-order valence-corrected chi connectivity index (χ4v) is 4.06. The fraction of sp³-hybridized carbons (Fsp3) is 0.350. The number of halogens is 2. The van der Waals surface area contributed by atoms with Crippen molar-refractivity contribution in [3.8, 4) is 0 Å². The molecule has 0 bridgehead atoms. The van der Waals surface area contributed by atoms with Crippen LogP contribution in [0.25, 0.3) is 16.7 Å². The van der Waals surface area contributed by atoms with Crippen molar-refractivity contribution < 1.29 is 18.1 Å². The largest absolute Gasteiger partial charge is 0.355 e. The summed E-state index contributed by atoms with van der Waals surface area (Å²) in [6.07, 6.45) is -0.711. The number of fused-ring (bicyclic) bond motifs is 2. The van der Waals surface area contributed by atoms with E-state index in [0.717, 1.165) is 0 Å². The third-order valence-corrected chi connectivity index (χ3v) is 5.73. The van der Waals surface area contributed by atoms with Gasteiger partial charge in [-0.3, -0.25) is 4.79 Å². The number of piperidine rings is 1. The van der Waals surface area contributed by atoms with Gasteiger partial charge < -0.3 is 9.42 Å². The highest BCUT2D eigenvalue weighted by molar-refractivity contribution is 6.04. The second-order valence-electron chi connectivity index (χ2n) is 7.53. The van der Waals surface area contributed by atoms with Crippen LogP contribution in [0.2, 0.25) is 0 Å². The number of alkyl halides is 2. The van der Waals surface area contributed by atoms with E-state index in [2.05, 4.69) is 20.2 Å². The number of para-hydroxylation sites is 1. The molecule has 5 rings (SSSR count). The lowest BCUT2D eigenvalue weighted by Gasteiger charge is -2.37. The molecule has 0 spiro atoms. The zero-order valence-electron chi connectivity index (χ0n) is 16.1. The Kier molecular flexibility index (Phi) is 4.41. The SMILES string of the molecule is CC1CCN(C(=O)c2noc3ccccc23)C[C@H]1c1cc(C(F)F)nc2ncnn12. The summed E-state index contributed by atoms with van der Waals surface area (Å²) < 4.78 is 33.5. The summed E-state index contributed by atoms with van der Waals surface area (Å²) in [6.45, 7) is 2.94. The first-order valence-corrected chi connectivity index (χ1v) is 9.65. The van der Waals surface area contributed by atoms with Gasteiger partial charge >= 0.3 is 0 Å². The molecule has 1 saturated heterocycles. The van der Waals surface area contributed by atoms with E-state index in [1.807, 2.05) is 19.1 Å². The number of hydrogen-bond acceptors (Lipinski definition) is 6. The van der Waals surface area contributed by atoms with Crippen LogP contribution in [0.3, 0.4) is 0 Å². The minimum atomic E-state index is -2.72. The lowest BCUT2D eigenvalue weighted by molar-refractivity contribution is 0.0657. The van der Waals surface area contributed by atoms with Gasteiger partial charge in [0.2, 0.25) is 0 Å². The number of benzene rings is 1. The Morgan fingerprint density at radius 1 is 1.30 bits per heavy atom. The molecule has 0 radical (unpaired) electrons. The predicted octanol–water partition coefficient (Wildman–Crippen LogP) is 3.47. The Hall–Kier alpha value is -3.43. The minimum Gasteiger partial charge on any atom is -0.355 e. The van der Waals surface area contributed by atoms with Crippen molar-refractivity contribution in [1.82, 2.24) is 29.6 Å². The van der Waals surface area contributed by atoms with E-state index in [4.69, 9.17) is 4.52 Å². The lowest BCUT2D eigenvalue weighted by Crippen LogP contribution is -2.43. The lowest BCUT2D eigenvalue weighted by atomic mass is 9.84. The summed E-state index contributed by atoms with van der Waals surface area (Å²) in [4.78, 5) is 22.7. The maximum absolute atomic E-state index is 13.4. The Morgan fingerprint density at radius 3 is 2.97 bits per heavy atom. The van der Waals surface area contributed by atoms with E-state index in [9.17, 15) is 13.6 Å². The number of amides is 1. The summed E-state index contributed by atoms with van der Waals surface area (Å²) in [5.41, 5.74) is 1.03. The zero-order valence-corrected chi connectivity index (χ0v) is 16.1. The van der Waals surface area contributed by atoms with Gasteiger partial charge in [0.25, 0.3) is 18.1 Å². The first-order chi connectivity index (χ1) is 14.5. The Bertz CT molecular complexity index is 1240. The molecule has 1 amide bonds. The normalized spacial score (nSPS) is 19.8. The molecular weight excluding hydrogens is 394 g/mol. The number of carbonyl (C=O) groups excluding carboxylic acids is 1. The molecule has 4 aromatic rings. The molecule has 1 unspecified atom stereocenters. The first-order valence-electron chi connectivity index (χ1n) is 9.65. The molecular formula is C20H18F2N6O2. The summed E-state index contributed by atoms with van der Waals surface area (Å²) in [5.74, 6) is -0.162. The molecule has 1 aliphatic heterocycles. The van der Waals surface area contributed by atoms with Gasteiger partial charge in [-0.05, 0) is 30.5 Å². The molecule has 4 heterocycles. The van der Waals surface area contributed by atoms with Crippen molar-refractivity contribution in [2.24, 2.45) is 5.92 Å². The number of hydrogen-bond donors (Lipinski definition) is 0. The van der Waals surface area contributed by atoms with Crippen molar-refractivity contribution in [2.75, 3.05) is 13.1 Å². The summed E-state index contributed by atoms with van der Waals surface area (Å²) in [7, 11) is 0. The van der Waals surface area contributed by atoms with E-state index < -0.39 is 6.43 Å². The summed E-state index contributed by atoms with van der Waals surface area (Å²) >= 11 is 0. The Labute approximate surface area is 169 Å². The van der Waals surface area contributed by atoms with Gasteiger partial charge in [0.1, 0.15) is 12.0 Å². The molecule has 0 saturated carbocycles. The summed E-state index contributed by atoms with van der Waals surface area (Å²) in [6, 6.07) is 8.55. The first kappa shape index (κ1) is 18.6. The van der Waals surface area contributed by atoms with Crippen LogP contribution in [-0.2, 0) is 0 Å². The number of rotatable bonds is 3. The summed E-state index contributed by atoms with van der Waals surface area (Å²) in [5, 5.41) is 8.77. The van der Waals surface area contributed by atoms with E-state index in [1.54, 1.807) is 17.0 Å². The van der Waals surface area contributed by atoms with Crippen molar-refractivity contribution >= 4 is 22.7 Å². The monoisotopic (exact) mass is 412 g/mol. The molecule has 1 fully saturated rings. The predicted molar refractivity (Wildman–Crippen MR) is 102 cm³/mol. The van der Waals surface area contributed by atoms with Crippen LogP contribution in [0.1, 0.15) is 47.6 Å². The molecule has 154 valence electrons. The van der Waals surface area contributed by atoms with Gasteiger partial charge in [0, 0.05) is 19.0 Å². The molecule has 0 N–H and O–H groups in total. The van der Waals surface area contributed by atoms with Crippen molar-refractivity contribution in [3.63, 3.8) is 0 Å². The molecule has 1 aliphatic rings. The van der Waals surface area contributed by atoms with Crippen molar-refractivity contribution in [2.45, 2.75) is 25.7 Å². The molecule has 8 nitrogen and oxygen atoms in total. The molecule has 1 aromatic carbocycles. The molecule has 30 heavy (non-hydrogen) atoms. The minimum absolute atomic E-state index is 0.126. The third kappa shape index (κ3) is 2.99. The van der Waals surface area contributed by atoms with Gasteiger partial charge in [-0.1, -0.05) is 24.2 Å². The van der Waals surface area contributed by atoms with Crippen molar-refractivity contribution in [1.29, 1.82) is 0 Å². The van der Waals surface area contributed by atoms with Gasteiger partial charge in [0.05, 0.1) is 11.1 Å². The molecule has 3 aromatic heterocycles. The maximum Gasteiger partial charge on any atom is 0.280 e. The highest BCUT2D eigenvalue weighted by Gasteiger charge is 2.34. The number of aromatic nitrogens is 5. The number of carbonyl (C=O) groups is 1. The van der Waals surface area contributed by atoms with E-state index in [-0.39, 0.29) is 34.9 Å². The van der Waals surface area contributed by atoms with Crippen LogP contribution in [-0.4, -0.2) is 48.6 Å². The highest BCUT2D eigenvalue weighted by atomic mass is 19.3. The molecule has 10 heteroatoms. The topological polar surface area (TPSA) is 89.4 Å². The van der Waals surface area contributed by atoms with Crippen LogP contribution in [0.5, 0.6) is 0 Å². The maximum atomic E-state index is 13.4. The van der Waals surface area contributed by atoms with Crippen LogP contribution < -0.4 is 0 Å².